The Morgan fingerprint density at radius 3 is 2.85 bits per heavy atom. The number of benzene rings is 1. The molecule has 0 amide bonds. The van der Waals surface area contributed by atoms with Crippen LogP contribution in [0.3, 0.4) is 0 Å². The number of hydrogen-bond donors (Lipinski definition) is 0. The van der Waals surface area contributed by atoms with E-state index in [-0.39, 0.29) is 10.8 Å². The summed E-state index contributed by atoms with van der Waals surface area (Å²) in [5, 5.41) is 8.91. The van der Waals surface area contributed by atoms with Crippen LogP contribution in [0, 0.1) is 11.3 Å². The van der Waals surface area contributed by atoms with Crippen LogP contribution in [0.25, 0.3) is 0 Å². The van der Waals surface area contributed by atoms with E-state index in [0.29, 0.717) is 17.5 Å². The zero-order valence-corrected chi connectivity index (χ0v) is 7.93. The van der Waals surface area contributed by atoms with Crippen molar-refractivity contribution in [1.29, 1.82) is 5.26 Å². The molecule has 1 rings (SSSR count). The van der Waals surface area contributed by atoms with E-state index < -0.39 is 0 Å². The van der Waals surface area contributed by atoms with Crippen molar-refractivity contribution >= 4 is 17.4 Å². The Bertz CT molecular complexity index is 379. The molecule has 66 valence electrons. The molecule has 0 aromatic heterocycles. The summed E-state index contributed by atoms with van der Waals surface area (Å²) >= 11 is 5.84. The molecule has 0 saturated heterocycles. The van der Waals surface area contributed by atoms with Gasteiger partial charge in [-0.1, -0.05) is 24.6 Å². The minimum Gasteiger partial charge on any atom is -0.294 e. The predicted octanol–water partition coefficient (Wildman–Crippen LogP) is 2.80. The van der Waals surface area contributed by atoms with Gasteiger partial charge < -0.3 is 0 Å². The third-order valence-corrected chi connectivity index (χ3v) is 2.15. The van der Waals surface area contributed by atoms with Gasteiger partial charge in [-0.15, -0.1) is 0 Å². The van der Waals surface area contributed by atoms with Crippen molar-refractivity contribution in [3.63, 3.8) is 0 Å². The van der Waals surface area contributed by atoms with Crippen molar-refractivity contribution in [2.24, 2.45) is 0 Å². The van der Waals surface area contributed by atoms with E-state index in [4.69, 9.17) is 16.9 Å². The number of ketones is 1. The van der Waals surface area contributed by atoms with Crippen molar-refractivity contribution in [2.45, 2.75) is 13.3 Å². The molecule has 2 nitrogen and oxygen atoms in total. The van der Waals surface area contributed by atoms with Gasteiger partial charge in [-0.2, -0.15) is 5.26 Å². The molecule has 0 heterocycles. The van der Waals surface area contributed by atoms with Crippen molar-refractivity contribution in [2.75, 3.05) is 0 Å². The second-order valence-electron chi connectivity index (χ2n) is 2.56. The monoisotopic (exact) mass is 193 g/mol. The van der Waals surface area contributed by atoms with Crippen LogP contribution >= 0.6 is 11.6 Å². The molecule has 0 aliphatic rings. The van der Waals surface area contributed by atoms with E-state index in [9.17, 15) is 4.79 Å². The van der Waals surface area contributed by atoms with Crippen LogP contribution in [0.5, 0.6) is 0 Å². The zero-order chi connectivity index (χ0) is 9.84. The molecule has 1 aromatic carbocycles. The molecule has 0 radical (unpaired) electrons. The summed E-state index contributed by atoms with van der Waals surface area (Å²) in [5.41, 5.74) is 0.782. The molecule has 0 fully saturated rings. The normalized spacial score (nSPS) is 9.31. The minimum atomic E-state index is -0.0397. The molecular weight excluding hydrogens is 186 g/mol. The molecule has 0 aliphatic carbocycles. The summed E-state index contributed by atoms with van der Waals surface area (Å²) in [7, 11) is 0. The first kappa shape index (κ1) is 9.76. The SMILES string of the molecule is CCC(=O)c1cccc(C#N)c1Cl. The van der Waals surface area contributed by atoms with Gasteiger partial charge >= 0.3 is 0 Å². The number of nitrogens with zero attached hydrogens (tertiary/aromatic N) is 1. The van der Waals surface area contributed by atoms with Gasteiger partial charge in [-0.05, 0) is 12.1 Å². The third-order valence-electron chi connectivity index (χ3n) is 1.74. The maximum Gasteiger partial charge on any atom is 0.164 e. The molecule has 0 aliphatic heterocycles. The van der Waals surface area contributed by atoms with E-state index in [2.05, 4.69) is 0 Å². The van der Waals surface area contributed by atoms with Crippen LogP contribution in [-0.4, -0.2) is 5.78 Å². The lowest BCUT2D eigenvalue weighted by Gasteiger charge is -2.01. The van der Waals surface area contributed by atoms with Gasteiger partial charge in [0.1, 0.15) is 6.07 Å². The van der Waals surface area contributed by atoms with E-state index in [1.165, 1.54) is 0 Å². The Morgan fingerprint density at radius 1 is 1.62 bits per heavy atom. The summed E-state index contributed by atoms with van der Waals surface area (Å²) in [6.45, 7) is 1.76. The highest BCUT2D eigenvalue weighted by Gasteiger charge is 2.10. The van der Waals surface area contributed by atoms with Gasteiger partial charge in [0.25, 0.3) is 0 Å². The minimum absolute atomic E-state index is 0.0397. The maximum atomic E-state index is 11.3. The number of halogens is 1. The fourth-order valence-corrected chi connectivity index (χ4v) is 1.30. The van der Waals surface area contributed by atoms with Crippen LogP contribution in [-0.2, 0) is 0 Å². The molecule has 0 atom stereocenters. The van der Waals surface area contributed by atoms with Gasteiger partial charge in [0.05, 0.1) is 10.6 Å². The predicted molar refractivity (Wildman–Crippen MR) is 50.8 cm³/mol. The Kier molecular flexibility index (Phi) is 3.05. The topological polar surface area (TPSA) is 40.9 Å². The first-order chi connectivity index (χ1) is 6.20. The van der Waals surface area contributed by atoms with Crippen LogP contribution in [0.15, 0.2) is 18.2 Å². The Morgan fingerprint density at radius 2 is 2.31 bits per heavy atom. The van der Waals surface area contributed by atoms with E-state index in [1.54, 1.807) is 25.1 Å². The van der Waals surface area contributed by atoms with Crippen molar-refractivity contribution in [3.8, 4) is 6.07 Å². The lowest BCUT2D eigenvalue weighted by atomic mass is 10.1. The highest BCUT2D eigenvalue weighted by atomic mass is 35.5. The van der Waals surface area contributed by atoms with Gasteiger partial charge in [0.2, 0.25) is 0 Å². The molecule has 0 N–H and O–H groups in total. The standard InChI is InChI=1S/C10H8ClNO/c1-2-9(13)8-5-3-4-7(6-12)10(8)11/h3-5H,2H2,1H3. The second kappa shape index (κ2) is 4.06. The summed E-state index contributed by atoms with van der Waals surface area (Å²) < 4.78 is 0. The fraction of sp³-hybridized carbons (Fsp3) is 0.200. The number of rotatable bonds is 2. The van der Waals surface area contributed by atoms with Crippen molar-refractivity contribution in [3.05, 3.63) is 34.3 Å². The molecule has 0 bridgehead atoms. The highest BCUT2D eigenvalue weighted by molar-refractivity contribution is 6.35. The van der Waals surface area contributed by atoms with Crippen LogP contribution in [0.2, 0.25) is 5.02 Å². The van der Waals surface area contributed by atoms with Gasteiger partial charge in [0, 0.05) is 12.0 Å². The zero-order valence-electron chi connectivity index (χ0n) is 7.17. The Hall–Kier alpha value is -1.33. The van der Waals surface area contributed by atoms with Crippen LogP contribution < -0.4 is 0 Å². The molecule has 0 saturated carbocycles. The van der Waals surface area contributed by atoms with E-state index >= 15 is 0 Å². The molecule has 0 spiro atoms. The molecular formula is C10H8ClNO. The first-order valence-electron chi connectivity index (χ1n) is 3.92. The lowest BCUT2D eigenvalue weighted by molar-refractivity contribution is 0.0988. The van der Waals surface area contributed by atoms with Crippen LogP contribution in [0.4, 0.5) is 0 Å². The number of Topliss-reactive ketones (excluding diaryl/α,β-unsaturated/α-hetero) is 1. The molecule has 0 unspecified atom stereocenters. The van der Waals surface area contributed by atoms with Gasteiger partial charge in [-0.25, -0.2) is 0 Å². The first-order valence-corrected chi connectivity index (χ1v) is 4.30. The summed E-state index contributed by atoms with van der Waals surface area (Å²) in [6.07, 6.45) is 0.397. The average molecular weight is 194 g/mol. The van der Waals surface area contributed by atoms with Crippen molar-refractivity contribution in [1.82, 2.24) is 0 Å². The smallest absolute Gasteiger partial charge is 0.164 e. The summed E-state index contributed by atoms with van der Waals surface area (Å²) in [6, 6.07) is 6.82. The number of nitriles is 1. The largest absolute Gasteiger partial charge is 0.294 e. The fourth-order valence-electron chi connectivity index (χ4n) is 1.02. The van der Waals surface area contributed by atoms with Gasteiger partial charge in [0.15, 0.2) is 5.78 Å². The second-order valence-corrected chi connectivity index (χ2v) is 2.93. The lowest BCUT2D eigenvalue weighted by Crippen LogP contribution is -1.98. The number of carbonyl (C=O) groups excluding carboxylic acids is 1. The van der Waals surface area contributed by atoms with E-state index in [1.807, 2.05) is 6.07 Å². The Balaban J connectivity index is 3.25. The molecule has 13 heavy (non-hydrogen) atoms. The van der Waals surface area contributed by atoms with Crippen molar-refractivity contribution < 1.29 is 4.79 Å². The quantitative estimate of drug-likeness (QED) is 0.678. The summed E-state index contributed by atoms with van der Waals surface area (Å²) in [5.74, 6) is -0.0397. The van der Waals surface area contributed by atoms with Gasteiger partial charge in [-0.3, -0.25) is 4.79 Å². The maximum absolute atomic E-state index is 11.3. The molecule has 1 aromatic rings. The summed E-state index contributed by atoms with van der Waals surface area (Å²) in [4.78, 5) is 11.3. The Labute approximate surface area is 81.7 Å². The average Bonchev–Trinajstić information content (AvgIpc) is 2.17. The van der Waals surface area contributed by atoms with Crippen LogP contribution in [0.1, 0.15) is 29.3 Å². The highest BCUT2D eigenvalue weighted by Crippen LogP contribution is 2.21. The van der Waals surface area contributed by atoms with E-state index in [0.717, 1.165) is 0 Å². The number of hydrogen-bond acceptors (Lipinski definition) is 2. The third kappa shape index (κ3) is 1.88. The molecule has 3 heteroatoms. The number of carbonyl (C=O) groups is 1.